The van der Waals surface area contributed by atoms with Crippen molar-refractivity contribution in [2.24, 2.45) is 14.1 Å². The highest BCUT2D eigenvalue weighted by Crippen LogP contribution is 2.33. The second kappa shape index (κ2) is 16.9. The van der Waals surface area contributed by atoms with Crippen molar-refractivity contribution in [3.63, 3.8) is 0 Å². The Morgan fingerprint density at radius 3 is 1.31 bits per heavy atom. The number of hydrogen-bond acceptors (Lipinski definition) is 9. The predicted octanol–water partition coefficient (Wildman–Crippen LogP) is 9.70. The fourth-order valence-electron chi connectivity index (χ4n) is 6.76. The average molecular weight is 817 g/mol. The Kier molecular flexibility index (Phi) is 11.8. The van der Waals surface area contributed by atoms with Crippen molar-refractivity contribution in [2.45, 2.75) is 49.3 Å². The van der Waals surface area contributed by atoms with E-state index in [9.17, 15) is 17.2 Å². The first kappa shape index (κ1) is 40.3. The molecule has 0 unspecified atom stereocenters. The second-order valence-corrected chi connectivity index (χ2v) is 16.8. The van der Waals surface area contributed by atoms with Gasteiger partial charge in [0.15, 0.2) is 21.5 Å². The smallest absolute Gasteiger partial charge is 0.175 e. The van der Waals surface area contributed by atoms with Crippen LogP contribution in [0.3, 0.4) is 0 Å². The molecule has 0 N–H and O–H groups in total. The number of nitrogens with zero attached hydrogens (tertiary/aromatic N) is 8. The van der Waals surface area contributed by atoms with Crippen LogP contribution in [0.1, 0.15) is 38.1 Å². The quantitative estimate of drug-likeness (QED) is 0.124. The number of thioether (sulfide) groups is 1. The highest BCUT2D eigenvalue weighted by atomic mass is 32.2. The van der Waals surface area contributed by atoms with Gasteiger partial charge in [-0.15, -0.1) is 11.8 Å². The van der Waals surface area contributed by atoms with E-state index in [2.05, 4.69) is 49.5 Å². The minimum atomic E-state index is -3.30. The second-order valence-electron chi connectivity index (χ2n) is 13.9. The van der Waals surface area contributed by atoms with Crippen molar-refractivity contribution in [3.05, 3.63) is 120 Å². The molecule has 0 bridgehead atoms. The van der Waals surface area contributed by atoms with E-state index in [1.54, 1.807) is 65.0 Å². The molecule has 14 heteroatoms. The molecule has 0 fully saturated rings. The van der Waals surface area contributed by atoms with Gasteiger partial charge in [-0.2, -0.15) is 10.2 Å². The number of sulfone groups is 1. The third-order valence-corrected chi connectivity index (χ3v) is 11.5. The summed E-state index contributed by atoms with van der Waals surface area (Å²) in [6.45, 7) is 4.21. The van der Waals surface area contributed by atoms with Crippen molar-refractivity contribution in [3.8, 4) is 45.3 Å². The largest absolute Gasteiger partial charge is 0.264 e. The first-order valence-corrected chi connectivity index (χ1v) is 21.9. The zero-order valence-electron chi connectivity index (χ0n) is 33.0. The summed E-state index contributed by atoms with van der Waals surface area (Å²) in [6, 6.07) is 27.3. The van der Waals surface area contributed by atoms with Crippen molar-refractivity contribution in [1.29, 1.82) is 0 Å². The maximum atomic E-state index is 13.4. The number of rotatable bonds is 10. The first-order valence-electron chi connectivity index (χ1n) is 18.8. The minimum absolute atomic E-state index is 0.243. The Morgan fingerprint density at radius 1 is 0.569 bits per heavy atom. The van der Waals surface area contributed by atoms with Crippen LogP contribution >= 0.6 is 11.8 Å². The monoisotopic (exact) mass is 816 g/mol. The number of benzene rings is 4. The number of hydrogen-bond donors (Lipinski definition) is 0. The molecule has 0 aliphatic carbocycles. The highest BCUT2D eigenvalue weighted by molar-refractivity contribution is 7.98. The van der Waals surface area contributed by atoms with Crippen LogP contribution in [0.25, 0.3) is 67.4 Å². The maximum Gasteiger partial charge on any atom is 0.175 e. The van der Waals surface area contributed by atoms with Crippen molar-refractivity contribution in [1.82, 2.24) is 39.5 Å². The van der Waals surface area contributed by atoms with E-state index >= 15 is 0 Å². The fraction of sp³-hybridized carbons (Fsp3) is 0.227. The predicted molar refractivity (Wildman–Crippen MR) is 227 cm³/mol. The molecule has 0 saturated carbocycles. The summed E-state index contributed by atoms with van der Waals surface area (Å²) in [5.41, 5.74) is 9.88. The van der Waals surface area contributed by atoms with Crippen LogP contribution in [-0.2, 0) is 36.8 Å². The van der Waals surface area contributed by atoms with Crippen LogP contribution in [0.2, 0.25) is 0 Å². The lowest BCUT2D eigenvalue weighted by atomic mass is 10.1. The van der Waals surface area contributed by atoms with E-state index in [0.717, 1.165) is 81.5 Å². The Hall–Kier alpha value is -5.86. The van der Waals surface area contributed by atoms with Crippen LogP contribution in [0, 0.1) is 11.6 Å². The first-order chi connectivity index (χ1) is 27.9. The topological polar surface area (TPSA) is 121 Å². The normalized spacial score (nSPS) is 11.6. The van der Waals surface area contributed by atoms with Crippen LogP contribution < -0.4 is 0 Å². The lowest BCUT2D eigenvalue weighted by Gasteiger charge is -2.09. The summed E-state index contributed by atoms with van der Waals surface area (Å²) in [5.74, 6) is 0.451. The van der Waals surface area contributed by atoms with Gasteiger partial charge in [-0.1, -0.05) is 51.0 Å². The molecule has 0 aliphatic rings. The lowest BCUT2D eigenvalue weighted by molar-refractivity contribution is 0.602. The molecule has 58 heavy (non-hydrogen) atoms. The van der Waals surface area contributed by atoms with Gasteiger partial charge in [0.2, 0.25) is 0 Å². The minimum Gasteiger partial charge on any atom is -0.264 e. The van der Waals surface area contributed by atoms with Gasteiger partial charge in [-0.05, 0) is 91.9 Å². The molecule has 0 amide bonds. The van der Waals surface area contributed by atoms with Gasteiger partial charge in [0.25, 0.3) is 0 Å². The molecular formula is C44H42F2N8O2S2. The summed E-state index contributed by atoms with van der Waals surface area (Å²) in [6.07, 6.45) is 6.75. The van der Waals surface area contributed by atoms with Gasteiger partial charge in [-0.3, -0.25) is 9.36 Å². The number of halogens is 2. The summed E-state index contributed by atoms with van der Waals surface area (Å²) in [7, 11) is 0.480. The molecule has 10 nitrogen and oxygen atoms in total. The fourth-order valence-corrected chi connectivity index (χ4v) is 7.80. The lowest BCUT2D eigenvalue weighted by Crippen LogP contribution is -2.00. The SMILES string of the molecule is CCCc1nn(C)c2c(-c3ccc(S(C)(=O)=O)cc3)nc(-c3ccc(F)cc3)nc12.CCCc1nn(C)c2c(-c3ccc(SC)cc3)nc(-c3ccc(F)cc3)nc12. The Balaban J connectivity index is 0.000000177. The standard InChI is InChI=1S/C22H21FN4O2S.C22H21FN4S/c1-4-5-18-20-21(27(2)26-18)19(14-8-12-17(13-9-14)30(3,28)29)24-22(25-20)15-6-10-16(23)11-7-15;1-4-5-18-20-21(27(2)26-18)19(14-8-12-17(28-3)13-9-14)24-22(25-20)15-6-10-16(23)11-7-15/h6-13H,4-5H2,1-3H3;6-13H,4-5H2,1-3H3. The van der Waals surface area contributed by atoms with Crippen molar-refractivity contribution < 1.29 is 17.2 Å². The van der Waals surface area contributed by atoms with E-state index < -0.39 is 9.84 Å². The molecule has 4 aromatic carbocycles. The van der Waals surface area contributed by atoms with Gasteiger partial charge in [0.05, 0.1) is 16.3 Å². The molecule has 296 valence electrons. The Morgan fingerprint density at radius 2 is 0.948 bits per heavy atom. The van der Waals surface area contributed by atoms with Crippen LogP contribution in [0.15, 0.2) is 107 Å². The van der Waals surface area contributed by atoms with Gasteiger partial charge in [0, 0.05) is 47.5 Å². The summed E-state index contributed by atoms with van der Waals surface area (Å²) in [4.78, 5) is 20.6. The van der Waals surface area contributed by atoms with Crippen molar-refractivity contribution >= 4 is 43.7 Å². The van der Waals surface area contributed by atoms with E-state index in [1.165, 1.54) is 35.4 Å². The molecular weight excluding hydrogens is 775 g/mol. The summed E-state index contributed by atoms with van der Waals surface area (Å²) >= 11 is 1.71. The van der Waals surface area contributed by atoms with Gasteiger partial charge in [0.1, 0.15) is 45.1 Å². The zero-order chi connectivity index (χ0) is 41.1. The molecule has 8 aromatic rings. The van der Waals surface area contributed by atoms with E-state index in [1.807, 2.05) is 18.8 Å². The third-order valence-electron chi connectivity index (χ3n) is 9.60. The van der Waals surface area contributed by atoms with Crippen LogP contribution in [0.4, 0.5) is 8.78 Å². The highest BCUT2D eigenvalue weighted by Gasteiger charge is 2.21. The summed E-state index contributed by atoms with van der Waals surface area (Å²) in [5, 5.41) is 9.33. The molecule has 0 spiro atoms. The molecule has 4 heterocycles. The zero-order valence-corrected chi connectivity index (χ0v) is 34.7. The Bertz CT molecular complexity index is 2840. The number of fused-ring (bicyclic) bond motifs is 2. The molecule has 0 saturated heterocycles. The van der Waals surface area contributed by atoms with E-state index in [4.69, 9.17) is 25.0 Å². The van der Waals surface area contributed by atoms with Crippen LogP contribution in [0.5, 0.6) is 0 Å². The van der Waals surface area contributed by atoms with Gasteiger partial charge < -0.3 is 0 Å². The molecule has 8 rings (SSSR count). The summed E-state index contributed by atoms with van der Waals surface area (Å²) < 4.78 is 54.0. The molecule has 0 atom stereocenters. The Labute approximate surface area is 340 Å². The molecule has 0 aliphatic heterocycles. The number of aromatic nitrogens is 8. The maximum absolute atomic E-state index is 13.4. The van der Waals surface area contributed by atoms with Crippen LogP contribution in [-0.4, -0.2) is 60.4 Å². The van der Waals surface area contributed by atoms with E-state index in [-0.39, 0.29) is 16.5 Å². The average Bonchev–Trinajstić information content (AvgIpc) is 3.72. The van der Waals surface area contributed by atoms with Crippen molar-refractivity contribution in [2.75, 3.05) is 12.5 Å². The molecule has 0 radical (unpaired) electrons. The number of aryl methyl sites for hydroxylation is 4. The molecule has 4 aromatic heterocycles. The van der Waals surface area contributed by atoms with Gasteiger partial charge in [-0.25, -0.2) is 37.1 Å². The third kappa shape index (κ3) is 8.39. The van der Waals surface area contributed by atoms with Gasteiger partial charge >= 0.3 is 0 Å². The van der Waals surface area contributed by atoms with E-state index in [0.29, 0.717) is 22.9 Å².